The predicted molar refractivity (Wildman–Crippen MR) is 100 cm³/mol. The summed E-state index contributed by atoms with van der Waals surface area (Å²) in [5.74, 6) is -0.726. The Kier molecular flexibility index (Phi) is 4.48. The molecule has 0 spiro atoms. The number of amides is 1. The van der Waals surface area contributed by atoms with E-state index in [4.69, 9.17) is 0 Å². The summed E-state index contributed by atoms with van der Waals surface area (Å²) in [7, 11) is 0. The molecule has 1 aromatic carbocycles. The van der Waals surface area contributed by atoms with E-state index in [9.17, 15) is 14.0 Å². The molecule has 0 unspecified atom stereocenters. The minimum atomic E-state index is -0.451. The maximum absolute atomic E-state index is 13.7. The van der Waals surface area contributed by atoms with E-state index in [2.05, 4.69) is 10.3 Å². The molecule has 5 nitrogen and oxygen atoms in total. The number of carbonyl (C=O) groups is 1. The van der Waals surface area contributed by atoms with Gasteiger partial charge < -0.3 is 5.32 Å². The SMILES string of the molecule is O=C(NCC1(c2cccc(F)c2)CCCC1)c1cnc2ccccn2c1=O. The van der Waals surface area contributed by atoms with Gasteiger partial charge in [0, 0.05) is 24.4 Å². The Morgan fingerprint density at radius 2 is 2.00 bits per heavy atom. The zero-order chi connectivity index (χ0) is 18.9. The molecule has 1 aliphatic rings. The third kappa shape index (κ3) is 3.23. The summed E-state index contributed by atoms with van der Waals surface area (Å²) < 4.78 is 15.1. The van der Waals surface area contributed by atoms with Crippen LogP contribution in [0.5, 0.6) is 0 Å². The molecule has 27 heavy (non-hydrogen) atoms. The number of rotatable bonds is 4. The lowest BCUT2D eigenvalue weighted by Gasteiger charge is -2.30. The van der Waals surface area contributed by atoms with Gasteiger partial charge in [0.2, 0.25) is 0 Å². The van der Waals surface area contributed by atoms with Crippen molar-refractivity contribution in [1.29, 1.82) is 0 Å². The van der Waals surface area contributed by atoms with Gasteiger partial charge in [0.05, 0.1) is 0 Å². The molecule has 6 heteroatoms. The standard InChI is InChI=1S/C21H20FN3O2/c22-16-7-5-6-15(12-16)21(9-2-3-10-21)14-24-19(26)17-13-23-18-8-1-4-11-25(18)20(17)27/h1,4-8,11-13H,2-3,9-10,14H2,(H,24,26). The highest BCUT2D eigenvalue weighted by atomic mass is 19.1. The highest BCUT2D eigenvalue weighted by Crippen LogP contribution is 2.40. The zero-order valence-electron chi connectivity index (χ0n) is 14.8. The third-order valence-corrected chi connectivity index (χ3v) is 5.44. The number of hydrogen-bond donors (Lipinski definition) is 1. The molecule has 0 aliphatic heterocycles. The van der Waals surface area contributed by atoms with E-state index in [0.29, 0.717) is 12.2 Å². The number of hydrogen-bond acceptors (Lipinski definition) is 3. The molecular formula is C21H20FN3O2. The summed E-state index contributed by atoms with van der Waals surface area (Å²) in [4.78, 5) is 29.4. The van der Waals surface area contributed by atoms with Crippen LogP contribution in [0.2, 0.25) is 0 Å². The van der Waals surface area contributed by atoms with Gasteiger partial charge in [-0.15, -0.1) is 0 Å². The topological polar surface area (TPSA) is 63.5 Å². The number of benzene rings is 1. The smallest absolute Gasteiger partial charge is 0.270 e. The Balaban J connectivity index is 1.59. The highest BCUT2D eigenvalue weighted by molar-refractivity contribution is 5.93. The summed E-state index contributed by atoms with van der Waals surface area (Å²) >= 11 is 0. The van der Waals surface area contributed by atoms with E-state index in [0.717, 1.165) is 31.2 Å². The fraction of sp³-hybridized carbons (Fsp3) is 0.286. The normalized spacial score (nSPS) is 15.7. The number of nitrogens with one attached hydrogen (secondary N) is 1. The lowest BCUT2D eigenvalue weighted by Crippen LogP contribution is -2.41. The van der Waals surface area contributed by atoms with Crippen LogP contribution in [-0.2, 0) is 5.41 Å². The molecule has 2 aromatic heterocycles. The maximum atomic E-state index is 13.7. The van der Waals surface area contributed by atoms with Crippen molar-refractivity contribution >= 4 is 11.6 Å². The molecule has 3 aromatic rings. The van der Waals surface area contributed by atoms with Gasteiger partial charge in [0.15, 0.2) is 0 Å². The van der Waals surface area contributed by atoms with E-state index in [-0.39, 0.29) is 16.8 Å². The molecule has 2 heterocycles. The summed E-state index contributed by atoms with van der Waals surface area (Å²) in [5, 5.41) is 2.89. The number of nitrogens with zero attached hydrogens (tertiary/aromatic N) is 2. The van der Waals surface area contributed by atoms with E-state index >= 15 is 0 Å². The monoisotopic (exact) mass is 365 g/mol. The Bertz CT molecular complexity index is 1050. The van der Waals surface area contributed by atoms with Crippen molar-refractivity contribution in [3.05, 3.63) is 82.2 Å². The number of pyridine rings is 1. The Hall–Kier alpha value is -3.02. The molecule has 1 saturated carbocycles. The maximum Gasteiger partial charge on any atom is 0.270 e. The second-order valence-corrected chi connectivity index (χ2v) is 7.09. The fourth-order valence-electron chi connectivity index (χ4n) is 3.96. The van der Waals surface area contributed by atoms with Crippen LogP contribution in [0.15, 0.2) is 59.7 Å². The van der Waals surface area contributed by atoms with Crippen LogP contribution in [0.1, 0.15) is 41.6 Å². The summed E-state index contributed by atoms with van der Waals surface area (Å²) in [5.41, 5.74) is 0.702. The van der Waals surface area contributed by atoms with Crippen molar-refractivity contribution in [3.63, 3.8) is 0 Å². The first-order chi connectivity index (χ1) is 13.1. The average molecular weight is 365 g/mol. The molecular weight excluding hydrogens is 345 g/mol. The molecule has 0 bridgehead atoms. The molecule has 4 rings (SSSR count). The third-order valence-electron chi connectivity index (χ3n) is 5.44. The quantitative estimate of drug-likeness (QED) is 0.773. The molecule has 0 radical (unpaired) electrons. The molecule has 1 N–H and O–H groups in total. The van der Waals surface area contributed by atoms with Crippen LogP contribution in [-0.4, -0.2) is 21.8 Å². The number of fused-ring (bicyclic) bond motifs is 1. The van der Waals surface area contributed by atoms with Crippen LogP contribution in [0.4, 0.5) is 4.39 Å². The minimum absolute atomic E-state index is 0.00564. The molecule has 1 amide bonds. The minimum Gasteiger partial charge on any atom is -0.351 e. The lowest BCUT2D eigenvalue weighted by atomic mass is 9.78. The van der Waals surface area contributed by atoms with E-state index in [1.165, 1.54) is 16.7 Å². The van der Waals surface area contributed by atoms with Crippen LogP contribution in [0.3, 0.4) is 0 Å². The van der Waals surface area contributed by atoms with E-state index < -0.39 is 11.5 Å². The van der Waals surface area contributed by atoms with Crippen LogP contribution in [0.25, 0.3) is 5.65 Å². The first kappa shape index (κ1) is 17.4. The van der Waals surface area contributed by atoms with Crippen molar-refractivity contribution < 1.29 is 9.18 Å². The van der Waals surface area contributed by atoms with Gasteiger partial charge in [-0.25, -0.2) is 9.37 Å². The zero-order valence-corrected chi connectivity index (χ0v) is 14.8. The van der Waals surface area contributed by atoms with E-state index in [1.807, 2.05) is 6.07 Å². The summed E-state index contributed by atoms with van der Waals surface area (Å²) in [6.07, 6.45) is 6.74. The van der Waals surface area contributed by atoms with Crippen LogP contribution in [0, 0.1) is 5.82 Å². The second kappa shape index (κ2) is 6.95. The summed E-state index contributed by atoms with van der Waals surface area (Å²) in [6, 6.07) is 11.8. The van der Waals surface area contributed by atoms with Crippen molar-refractivity contribution in [2.75, 3.05) is 6.54 Å². The number of halogens is 1. The lowest BCUT2D eigenvalue weighted by molar-refractivity contribution is 0.0941. The molecule has 1 fully saturated rings. The first-order valence-corrected chi connectivity index (χ1v) is 9.10. The molecule has 138 valence electrons. The highest BCUT2D eigenvalue weighted by Gasteiger charge is 2.36. The van der Waals surface area contributed by atoms with Crippen molar-refractivity contribution in [2.24, 2.45) is 0 Å². The number of aromatic nitrogens is 2. The van der Waals surface area contributed by atoms with Crippen molar-refractivity contribution in [2.45, 2.75) is 31.1 Å². The average Bonchev–Trinajstić information content (AvgIpc) is 3.17. The van der Waals surface area contributed by atoms with Gasteiger partial charge >= 0.3 is 0 Å². The van der Waals surface area contributed by atoms with Gasteiger partial charge in [0.25, 0.3) is 11.5 Å². The molecule has 0 atom stereocenters. The Morgan fingerprint density at radius 1 is 1.19 bits per heavy atom. The number of carbonyl (C=O) groups excluding carboxylic acids is 1. The Morgan fingerprint density at radius 3 is 2.78 bits per heavy atom. The van der Waals surface area contributed by atoms with Crippen molar-refractivity contribution in [1.82, 2.24) is 14.7 Å². The molecule has 0 saturated heterocycles. The second-order valence-electron chi connectivity index (χ2n) is 7.09. The van der Waals surface area contributed by atoms with Gasteiger partial charge in [-0.3, -0.25) is 14.0 Å². The van der Waals surface area contributed by atoms with Gasteiger partial charge in [-0.1, -0.05) is 31.0 Å². The van der Waals surface area contributed by atoms with Gasteiger partial charge in [-0.05, 0) is 42.7 Å². The van der Waals surface area contributed by atoms with Gasteiger partial charge in [0.1, 0.15) is 17.0 Å². The fourth-order valence-corrected chi connectivity index (χ4v) is 3.96. The van der Waals surface area contributed by atoms with Crippen molar-refractivity contribution in [3.8, 4) is 0 Å². The van der Waals surface area contributed by atoms with Crippen LogP contribution >= 0.6 is 0 Å². The first-order valence-electron chi connectivity index (χ1n) is 9.10. The van der Waals surface area contributed by atoms with Gasteiger partial charge in [-0.2, -0.15) is 0 Å². The summed E-state index contributed by atoms with van der Waals surface area (Å²) in [6.45, 7) is 0.367. The predicted octanol–water partition coefficient (Wildman–Crippen LogP) is 3.08. The van der Waals surface area contributed by atoms with Crippen LogP contribution < -0.4 is 10.9 Å². The molecule has 1 aliphatic carbocycles. The van der Waals surface area contributed by atoms with E-state index in [1.54, 1.807) is 36.5 Å². The largest absolute Gasteiger partial charge is 0.351 e. The Labute approximate surface area is 155 Å².